The van der Waals surface area contributed by atoms with Crippen molar-refractivity contribution in [2.24, 2.45) is 0 Å². The molecule has 0 heterocycles. The highest BCUT2D eigenvalue weighted by atomic mass is 127. The standard InChI is InChI=1S/C21H41IO9/c1-21(2,3)31-20(23)4-6-24-8-10-26-12-14-28-16-18-30-19-17-29-15-13-27-11-9-25-7-5-22/h4-19H2,1-3H3. The van der Waals surface area contributed by atoms with Crippen LogP contribution in [0.1, 0.15) is 27.2 Å². The van der Waals surface area contributed by atoms with E-state index in [0.29, 0.717) is 85.9 Å². The van der Waals surface area contributed by atoms with Gasteiger partial charge in [-0.05, 0) is 20.8 Å². The van der Waals surface area contributed by atoms with Gasteiger partial charge in [0.1, 0.15) is 5.60 Å². The fraction of sp³-hybridized carbons (Fsp3) is 0.952. The van der Waals surface area contributed by atoms with Gasteiger partial charge in [0, 0.05) is 4.43 Å². The van der Waals surface area contributed by atoms with E-state index in [1.54, 1.807) is 0 Å². The number of carbonyl (C=O) groups excluding carboxylic acids is 1. The van der Waals surface area contributed by atoms with E-state index < -0.39 is 5.60 Å². The molecule has 0 saturated heterocycles. The zero-order chi connectivity index (χ0) is 23.0. The molecule has 0 radical (unpaired) electrons. The van der Waals surface area contributed by atoms with Gasteiger partial charge in [0.25, 0.3) is 0 Å². The lowest BCUT2D eigenvalue weighted by Gasteiger charge is -2.19. The smallest absolute Gasteiger partial charge is 0.308 e. The number of hydrogen-bond acceptors (Lipinski definition) is 9. The van der Waals surface area contributed by atoms with Crippen LogP contribution in [0.15, 0.2) is 0 Å². The molecule has 0 N–H and O–H groups in total. The van der Waals surface area contributed by atoms with Crippen LogP contribution in [0, 0.1) is 0 Å². The molecular formula is C21H41IO9. The number of halogens is 1. The van der Waals surface area contributed by atoms with Gasteiger partial charge in [0.15, 0.2) is 0 Å². The van der Waals surface area contributed by atoms with E-state index in [1.165, 1.54) is 0 Å². The topological polar surface area (TPSA) is 90.9 Å². The van der Waals surface area contributed by atoms with E-state index in [-0.39, 0.29) is 12.4 Å². The second-order valence-corrected chi connectivity index (χ2v) is 8.39. The molecule has 0 amide bonds. The first-order valence-electron chi connectivity index (χ1n) is 10.8. The van der Waals surface area contributed by atoms with Crippen molar-refractivity contribution in [2.45, 2.75) is 32.8 Å². The fourth-order valence-corrected chi connectivity index (χ4v) is 2.34. The maximum Gasteiger partial charge on any atom is 0.308 e. The number of rotatable bonds is 23. The number of alkyl halides is 1. The van der Waals surface area contributed by atoms with E-state index in [2.05, 4.69) is 22.6 Å². The normalized spacial score (nSPS) is 11.7. The van der Waals surface area contributed by atoms with Crippen LogP contribution in [0.2, 0.25) is 0 Å². The molecule has 0 spiro atoms. The zero-order valence-corrected chi connectivity index (χ0v) is 21.5. The summed E-state index contributed by atoms with van der Waals surface area (Å²) in [5.74, 6) is -0.256. The summed E-state index contributed by atoms with van der Waals surface area (Å²) in [6.45, 7) is 12.9. The molecule has 0 bridgehead atoms. The first kappa shape index (κ1) is 30.9. The van der Waals surface area contributed by atoms with Crippen molar-refractivity contribution < 1.29 is 42.7 Å². The Labute approximate surface area is 200 Å². The minimum absolute atomic E-state index is 0.244. The van der Waals surface area contributed by atoms with Crippen LogP contribution in [0.4, 0.5) is 0 Å². The molecule has 0 aromatic rings. The Hall–Kier alpha value is -0.0800. The second-order valence-electron chi connectivity index (χ2n) is 7.31. The molecule has 0 atom stereocenters. The van der Waals surface area contributed by atoms with E-state index in [9.17, 15) is 4.79 Å². The summed E-state index contributed by atoms with van der Waals surface area (Å²) in [5.41, 5.74) is -0.461. The highest BCUT2D eigenvalue weighted by molar-refractivity contribution is 14.1. The molecule has 9 nitrogen and oxygen atoms in total. The van der Waals surface area contributed by atoms with Crippen molar-refractivity contribution in [3.05, 3.63) is 0 Å². The lowest BCUT2D eigenvalue weighted by atomic mass is 10.2. The third-order valence-corrected chi connectivity index (χ3v) is 3.76. The van der Waals surface area contributed by atoms with Gasteiger partial charge in [-0.25, -0.2) is 0 Å². The summed E-state index contributed by atoms with van der Waals surface area (Å²) < 4.78 is 43.8. The third kappa shape index (κ3) is 27.9. The maximum absolute atomic E-state index is 11.5. The quantitative estimate of drug-likeness (QED) is 0.0803. The molecule has 0 fully saturated rings. The van der Waals surface area contributed by atoms with Crippen molar-refractivity contribution in [1.82, 2.24) is 0 Å². The second kappa shape index (κ2) is 23.1. The van der Waals surface area contributed by atoms with Gasteiger partial charge in [-0.3, -0.25) is 4.79 Å². The van der Waals surface area contributed by atoms with E-state index in [4.69, 9.17) is 37.9 Å². The van der Waals surface area contributed by atoms with Crippen molar-refractivity contribution >= 4 is 28.6 Å². The molecule has 186 valence electrons. The molecule has 0 aliphatic carbocycles. The van der Waals surface area contributed by atoms with Gasteiger partial charge in [-0.2, -0.15) is 0 Å². The van der Waals surface area contributed by atoms with Crippen molar-refractivity contribution in [2.75, 3.05) is 96.9 Å². The predicted molar refractivity (Wildman–Crippen MR) is 125 cm³/mol. The van der Waals surface area contributed by atoms with Crippen LogP contribution < -0.4 is 0 Å². The minimum Gasteiger partial charge on any atom is -0.460 e. The van der Waals surface area contributed by atoms with Gasteiger partial charge >= 0.3 is 5.97 Å². The monoisotopic (exact) mass is 564 g/mol. The molecule has 0 saturated carbocycles. The lowest BCUT2D eigenvalue weighted by Crippen LogP contribution is -2.24. The van der Waals surface area contributed by atoms with E-state index >= 15 is 0 Å². The molecule has 0 aliphatic heterocycles. The van der Waals surface area contributed by atoms with E-state index in [1.807, 2.05) is 20.8 Å². The molecule has 0 aromatic carbocycles. The van der Waals surface area contributed by atoms with Gasteiger partial charge in [-0.1, -0.05) is 22.6 Å². The Morgan fingerprint density at radius 2 is 0.839 bits per heavy atom. The van der Waals surface area contributed by atoms with E-state index in [0.717, 1.165) is 11.0 Å². The first-order valence-corrected chi connectivity index (χ1v) is 12.3. The molecule has 0 rings (SSSR count). The molecule has 31 heavy (non-hydrogen) atoms. The van der Waals surface area contributed by atoms with Gasteiger partial charge in [-0.15, -0.1) is 0 Å². The number of esters is 1. The lowest BCUT2D eigenvalue weighted by molar-refractivity contribution is -0.156. The molecule has 0 aromatic heterocycles. The summed E-state index contributed by atoms with van der Waals surface area (Å²) in [6, 6.07) is 0. The largest absolute Gasteiger partial charge is 0.460 e. The molecular weight excluding hydrogens is 523 g/mol. The van der Waals surface area contributed by atoms with Gasteiger partial charge in [0.05, 0.1) is 98.9 Å². The number of hydrogen-bond donors (Lipinski definition) is 0. The Morgan fingerprint density at radius 1 is 0.548 bits per heavy atom. The van der Waals surface area contributed by atoms with Gasteiger partial charge < -0.3 is 37.9 Å². The van der Waals surface area contributed by atoms with Crippen molar-refractivity contribution in [3.8, 4) is 0 Å². The van der Waals surface area contributed by atoms with Crippen LogP contribution in [-0.2, 0) is 42.7 Å². The summed E-state index contributed by atoms with van der Waals surface area (Å²) >= 11 is 2.27. The molecule has 10 heteroatoms. The molecule has 0 unspecified atom stereocenters. The molecule has 0 aliphatic rings. The Morgan fingerprint density at radius 3 is 1.13 bits per heavy atom. The number of carbonyl (C=O) groups is 1. The summed E-state index contributed by atoms with van der Waals surface area (Å²) in [6.07, 6.45) is 0.244. The van der Waals surface area contributed by atoms with Crippen LogP contribution in [0.3, 0.4) is 0 Å². The zero-order valence-electron chi connectivity index (χ0n) is 19.4. The Balaban J connectivity index is 3.10. The average Bonchev–Trinajstić information content (AvgIpc) is 2.70. The van der Waals surface area contributed by atoms with Gasteiger partial charge in [0.2, 0.25) is 0 Å². The number of ether oxygens (including phenoxy) is 8. The minimum atomic E-state index is -0.461. The summed E-state index contributed by atoms with van der Waals surface area (Å²) in [7, 11) is 0. The third-order valence-electron chi connectivity index (χ3n) is 3.32. The van der Waals surface area contributed by atoms with Crippen LogP contribution in [-0.4, -0.2) is 108 Å². The highest BCUT2D eigenvalue weighted by Gasteiger charge is 2.15. The SMILES string of the molecule is CC(C)(C)OC(=O)CCOCCOCCOCCOCCOCCOCCOCCI. The van der Waals surface area contributed by atoms with Crippen LogP contribution >= 0.6 is 22.6 Å². The first-order chi connectivity index (χ1) is 15.0. The van der Waals surface area contributed by atoms with Crippen LogP contribution in [0.25, 0.3) is 0 Å². The highest BCUT2D eigenvalue weighted by Crippen LogP contribution is 2.07. The predicted octanol–water partition coefficient (Wildman–Crippen LogP) is 2.27. The summed E-state index contributed by atoms with van der Waals surface area (Å²) in [4.78, 5) is 11.5. The van der Waals surface area contributed by atoms with Crippen molar-refractivity contribution in [3.63, 3.8) is 0 Å². The van der Waals surface area contributed by atoms with Crippen molar-refractivity contribution in [1.29, 1.82) is 0 Å². The maximum atomic E-state index is 11.5. The Kier molecular flexibility index (Phi) is 23.0. The fourth-order valence-electron chi connectivity index (χ4n) is 2.02. The average molecular weight is 564 g/mol. The van der Waals surface area contributed by atoms with Crippen LogP contribution in [0.5, 0.6) is 0 Å². The summed E-state index contributed by atoms with van der Waals surface area (Å²) in [5, 5.41) is 0. The Bertz CT molecular complexity index is 392.